The molecule has 0 aliphatic carbocycles. The fourth-order valence-electron chi connectivity index (χ4n) is 2.75. The van der Waals surface area contributed by atoms with Crippen molar-refractivity contribution in [2.45, 2.75) is 13.0 Å². The second kappa shape index (κ2) is 6.33. The van der Waals surface area contributed by atoms with Crippen LogP contribution >= 0.6 is 11.3 Å². The number of aromatic nitrogens is 2. The van der Waals surface area contributed by atoms with Crippen molar-refractivity contribution in [1.82, 2.24) is 9.72 Å². The van der Waals surface area contributed by atoms with Crippen molar-refractivity contribution in [3.05, 3.63) is 71.4 Å². The lowest BCUT2D eigenvalue weighted by molar-refractivity contribution is 0.101. The van der Waals surface area contributed by atoms with Crippen molar-refractivity contribution in [1.29, 1.82) is 0 Å². The van der Waals surface area contributed by atoms with Crippen LogP contribution in [0.25, 0.3) is 10.2 Å². The molecule has 24 heavy (non-hydrogen) atoms. The summed E-state index contributed by atoms with van der Waals surface area (Å²) in [5, 5.41) is 8.55. The van der Waals surface area contributed by atoms with E-state index in [4.69, 9.17) is 4.52 Å². The Labute approximate surface area is 142 Å². The number of nitrogens with one attached hydrogen (secondary N) is 1. The van der Waals surface area contributed by atoms with Crippen molar-refractivity contribution in [2.24, 2.45) is 0 Å². The molecule has 1 aromatic carbocycles. The molecule has 0 saturated carbocycles. The van der Waals surface area contributed by atoms with Crippen LogP contribution in [0.2, 0.25) is 0 Å². The zero-order valence-electron chi connectivity index (χ0n) is 12.8. The van der Waals surface area contributed by atoms with E-state index >= 15 is 0 Å². The summed E-state index contributed by atoms with van der Waals surface area (Å²) in [7, 11) is 0. The Kier molecular flexibility index (Phi) is 3.88. The molecule has 3 aromatic heterocycles. The first-order valence-corrected chi connectivity index (χ1v) is 8.51. The third kappa shape index (κ3) is 2.83. The number of carbonyl (C=O) groups is 1. The highest BCUT2D eigenvalue weighted by atomic mass is 32.1. The molecular formula is C18H15N3O2S. The zero-order valence-corrected chi connectivity index (χ0v) is 13.6. The second-order valence-corrected chi connectivity index (χ2v) is 6.37. The SMILES string of the molecule is O=C(Nc1ccon1)c1cc2sccc2n1CCc1ccccc1. The predicted molar refractivity (Wildman–Crippen MR) is 94.4 cm³/mol. The van der Waals surface area contributed by atoms with E-state index in [1.807, 2.05) is 29.6 Å². The maximum atomic E-state index is 12.6. The van der Waals surface area contributed by atoms with Gasteiger partial charge in [-0.05, 0) is 29.5 Å². The quantitative estimate of drug-likeness (QED) is 0.594. The van der Waals surface area contributed by atoms with Crippen molar-refractivity contribution in [3.8, 4) is 0 Å². The molecule has 0 aliphatic heterocycles. The number of benzene rings is 1. The second-order valence-electron chi connectivity index (χ2n) is 5.43. The van der Waals surface area contributed by atoms with Gasteiger partial charge >= 0.3 is 0 Å². The number of nitrogens with zero attached hydrogens (tertiary/aromatic N) is 2. The van der Waals surface area contributed by atoms with Gasteiger partial charge in [0.1, 0.15) is 12.0 Å². The van der Waals surface area contributed by atoms with Gasteiger partial charge in [-0.1, -0.05) is 35.5 Å². The highest BCUT2D eigenvalue weighted by molar-refractivity contribution is 7.17. The Morgan fingerprint density at radius 1 is 1.21 bits per heavy atom. The lowest BCUT2D eigenvalue weighted by atomic mass is 10.1. The van der Waals surface area contributed by atoms with E-state index in [1.165, 1.54) is 11.8 Å². The van der Waals surface area contributed by atoms with Gasteiger partial charge in [-0.15, -0.1) is 11.3 Å². The van der Waals surface area contributed by atoms with Gasteiger partial charge < -0.3 is 14.4 Å². The summed E-state index contributed by atoms with van der Waals surface area (Å²) in [5.41, 5.74) is 2.97. The third-order valence-corrected chi connectivity index (χ3v) is 4.75. The van der Waals surface area contributed by atoms with Crippen LogP contribution in [-0.4, -0.2) is 15.6 Å². The van der Waals surface area contributed by atoms with Gasteiger partial charge in [0.25, 0.3) is 5.91 Å². The first kappa shape index (κ1) is 14.7. The molecule has 1 N–H and O–H groups in total. The molecule has 0 radical (unpaired) electrons. The summed E-state index contributed by atoms with van der Waals surface area (Å²) in [4.78, 5) is 12.6. The van der Waals surface area contributed by atoms with Crippen LogP contribution in [-0.2, 0) is 13.0 Å². The summed E-state index contributed by atoms with van der Waals surface area (Å²) in [6.45, 7) is 0.742. The van der Waals surface area contributed by atoms with Crippen LogP contribution in [0.4, 0.5) is 5.82 Å². The normalized spacial score (nSPS) is 11.0. The zero-order chi connectivity index (χ0) is 16.4. The molecule has 0 unspecified atom stereocenters. The number of rotatable bonds is 5. The molecule has 0 aliphatic rings. The highest BCUT2D eigenvalue weighted by Gasteiger charge is 2.17. The van der Waals surface area contributed by atoms with Crippen LogP contribution in [0, 0.1) is 0 Å². The largest absolute Gasteiger partial charge is 0.363 e. The molecule has 4 rings (SSSR count). The summed E-state index contributed by atoms with van der Waals surface area (Å²) in [5.74, 6) is 0.236. The molecule has 120 valence electrons. The molecule has 3 heterocycles. The van der Waals surface area contributed by atoms with E-state index in [2.05, 4.69) is 33.2 Å². The Morgan fingerprint density at radius 3 is 2.88 bits per heavy atom. The molecule has 0 bridgehead atoms. The lowest BCUT2D eigenvalue weighted by Crippen LogP contribution is -2.18. The summed E-state index contributed by atoms with van der Waals surface area (Å²) < 4.78 is 7.93. The number of hydrogen-bond acceptors (Lipinski definition) is 4. The van der Waals surface area contributed by atoms with Crippen molar-refractivity contribution in [2.75, 3.05) is 5.32 Å². The average molecular weight is 337 g/mol. The smallest absolute Gasteiger partial charge is 0.273 e. The van der Waals surface area contributed by atoms with Gasteiger partial charge in [-0.2, -0.15) is 0 Å². The summed E-state index contributed by atoms with van der Waals surface area (Å²) in [6, 6.07) is 15.9. The van der Waals surface area contributed by atoms with Crippen molar-refractivity contribution in [3.63, 3.8) is 0 Å². The minimum atomic E-state index is -0.180. The van der Waals surface area contributed by atoms with Gasteiger partial charge in [0.05, 0.1) is 10.2 Å². The topological polar surface area (TPSA) is 60.1 Å². The van der Waals surface area contributed by atoms with E-state index in [9.17, 15) is 4.79 Å². The number of hydrogen-bond donors (Lipinski definition) is 1. The standard InChI is InChI=1S/C18H15N3O2S/c22-18(19-17-7-10-23-20-17)15-12-16-14(8-11-24-16)21(15)9-6-13-4-2-1-3-5-13/h1-5,7-8,10-12H,6,9H2,(H,19,20,22). The van der Waals surface area contributed by atoms with Crippen LogP contribution in [0.3, 0.4) is 0 Å². The number of anilines is 1. The lowest BCUT2D eigenvalue weighted by Gasteiger charge is -2.10. The molecule has 0 fully saturated rings. The van der Waals surface area contributed by atoms with Gasteiger partial charge in [0.2, 0.25) is 0 Å². The third-order valence-electron chi connectivity index (χ3n) is 3.90. The molecule has 6 heteroatoms. The van der Waals surface area contributed by atoms with E-state index in [1.54, 1.807) is 17.4 Å². The monoisotopic (exact) mass is 337 g/mol. The van der Waals surface area contributed by atoms with Gasteiger partial charge in [0.15, 0.2) is 5.82 Å². The van der Waals surface area contributed by atoms with Crippen LogP contribution in [0.15, 0.2) is 64.7 Å². The molecule has 4 aromatic rings. The number of fused-ring (bicyclic) bond motifs is 1. The van der Waals surface area contributed by atoms with Crippen LogP contribution < -0.4 is 5.32 Å². The van der Waals surface area contributed by atoms with Crippen molar-refractivity contribution < 1.29 is 9.32 Å². The first-order valence-electron chi connectivity index (χ1n) is 7.63. The number of amides is 1. The highest BCUT2D eigenvalue weighted by Crippen LogP contribution is 2.26. The van der Waals surface area contributed by atoms with E-state index in [0.29, 0.717) is 11.5 Å². The van der Waals surface area contributed by atoms with Gasteiger partial charge in [-0.3, -0.25) is 4.79 Å². The summed E-state index contributed by atoms with van der Waals surface area (Å²) >= 11 is 1.63. The predicted octanol–water partition coefficient (Wildman–Crippen LogP) is 4.19. The minimum Gasteiger partial charge on any atom is -0.363 e. The Morgan fingerprint density at radius 2 is 2.08 bits per heavy atom. The van der Waals surface area contributed by atoms with E-state index in [-0.39, 0.29) is 5.91 Å². The van der Waals surface area contributed by atoms with Crippen molar-refractivity contribution >= 4 is 33.3 Å². The maximum absolute atomic E-state index is 12.6. The van der Waals surface area contributed by atoms with Gasteiger partial charge in [-0.25, -0.2) is 0 Å². The molecule has 0 atom stereocenters. The fourth-order valence-corrected chi connectivity index (χ4v) is 3.57. The molecule has 0 saturated heterocycles. The van der Waals surface area contributed by atoms with E-state index in [0.717, 1.165) is 23.2 Å². The van der Waals surface area contributed by atoms with Gasteiger partial charge in [0, 0.05) is 12.6 Å². The molecule has 1 amide bonds. The molecule has 0 spiro atoms. The Hall–Kier alpha value is -2.86. The van der Waals surface area contributed by atoms with E-state index < -0.39 is 0 Å². The minimum absolute atomic E-state index is 0.180. The maximum Gasteiger partial charge on any atom is 0.273 e. The Balaban J connectivity index is 1.62. The Bertz CT molecular complexity index is 955. The molecule has 5 nitrogen and oxygen atoms in total. The number of thiophene rings is 1. The average Bonchev–Trinajstić information content (AvgIpc) is 3.31. The summed E-state index contributed by atoms with van der Waals surface area (Å²) in [6.07, 6.45) is 2.30. The van der Waals surface area contributed by atoms with Crippen LogP contribution in [0.5, 0.6) is 0 Å². The molecular weight excluding hydrogens is 322 g/mol. The fraction of sp³-hybridized carbons (Fsp3) is 0.111. The first-order chi connectivity index (χ1) is 11.8. The number of aryl methyl sites for hydroxylation is 2. The number of carbonyl (C=O) groups excluding carboxylic acids is 1. The van der Waals surface area contributed by atoms with Crippen LogP contribution in [0.1, 0.15) is 16.1 Å².